The molecule has 126 valence electrons. The van der Waals surface area contributed by atoms with Gasteiger partial charge in [-0.2, -0.15) is 5.10 Å². The third-order valence-corrected chi connectivity index (χ3v) is 4.36. The van der Waals surface area contributed by atoms with Crippen LogP contribution >= 0.6 is 0 Å². The third-order valence-electron chi connectivity index (χ3n) is 4.36. The maximum Gasteiger partial charge on any atom is 0.269 e. The minimum atomic E-state index is -0.441. The number of carbonyl (C=O) groups excluding carboxylic acids is 1. The summed E-state index contributed by atoms with van der Waals surface area (Å²) >= 11 is 0. The van der Waals surface area contributed by atoms with Crippen molar-refractivity contribution in [2.45, 2.75) is 39.0 Å². The van der Waals surface area contributed by atoms with Gasteiger partial charge in [-0.1, -0.05) is 19.3 Å². The van der Waals surface area contributed by atoms with E-state index < -0.39 is 4.92 Å². The number of rotatable bonds is 4. The summed E-state index contributed by atoms with van der Waals surface area (Å²) in [6, 6.07) is 7.92. The number of nitro benzene ring substituents is 1. The Morgan fingerprint density at radius 3 is 2.54 bits per heavy atom. The Labute approximate surface area is 139 Å². The van der Waals surface area contributed by atoms with Crippen molar-refractivity contribution in [3.63, 3.8) is 0 Å². The number of non-ortho nitro benzene ring substituents is 1. The van der Waals surface area contributed by atoms with Gasteiger partial charge in [0.25, 0.3) is 5.69 Å². The number of benzene rings is 1. The molecule has 0 radical (unpaired) electrons. The predicted molar refractivity (Wildman–Crippen MR) is 90.2 cm³/mol. The van der Waals surface area contributed by atoms with E-state index >= 15 is 0 Å². The fraction of sp³-hybridized carbons (Fsp3) is 0.412. The van der Waals surface area contributed by atoms with Crippen LogP contribution in [0.1, 0.15) is 37.8 Å². The van der Waals surface area contributed by atoms with E-state index in [0.29, 0.717) is 11.5 Å². The van der Waals surface area contributed by atoms with E-state index in [1.165, 1.54) is 18.6 Å². The summed E-state index contributed by atoms with van der Waals surface area (Å²) < 4.78 is 1.61. The van der Waals surface area contributed by atoms with Gasteiger partial charge < -0.3 is 5.32 Å². The van der Waals surface area contributed by atoms with Crippen LogP contribution in [0.4, 0.5) is 11.5 Å². The molecule has 3 rings (SSSR count). The molecule has 0 atom stereocenters. The summed E-state index contributed by atoms with van der Waals surface area (Å²) in [5.74, 6) is 0.675. The van der Waals surface area contributed by atoms with Gasteiger partial charge in [0, 0.05) is 24.1 Å². The molecule has 1 saturated carbocycles. The number of nitrogens with one attached hydrogen (secondary N) is 1. The molecule has 1 aromatic carbocycles. The molecule has 1 aromatic heterocycles. The Morgan fingerprint density at radius 2 is 1.92 bits per heavy atom. The first-order valence-corrected chi connectivity index (χ1v) is 8.17. The van der Waals surface area contributed by atoms with Gasteiger partial charge in [-0.3, -0.25) is 14.9 Å². The maximum absolute atomic E-state index is 12.5. The highest BCUT2D eigenvalue weighted by Crippen LogP contribution is 2.26. The van der Waals surface area contributed by atoms with Crippen LogP contribution in [0.2, 0.25) is 0 Å². The zero-order valence-corrected chi connectivity index (χ0v) is 13.6. The van der Waals surface area contributed by atoms with Gasteiger partial charge in [0.05, 0.1) is 16.3 Å². The average Bonchev–Trinajstić information content (AvgIpc) is 2.96. The number of nitro groups is 1. The number of aromatic nitrogens is 2. The molecular formula is C17H20N4O3. The van der Waals surface area contributed by atoms with Crippen molar-refractivity contribution in [2.24, 2.45) is 5.92 Å². The first-order chi connectivity index (χ1) is 11.5. The van der Waals surface area contributed by atoms with Crippen LogP contribution in [0.3, 0.4) is 0 Å². The van der Waals surface area contributed by atoms with Crippen LogP contribution in [0.15, 0.2) is 30.3 Å². The van der Waals surface area contributed by atoms with E-state index in [9.17, 15) is 14.9 Å². The second kappa shape index (κ2) is 6.82. The fourth-order valence-corrected chi connectivity index (χ4v) is 3.09. The molecule has 0 saturated heterocycles. The van der Waals surface area contributed by atoms with Gasteiger partial charge in [0.1, 0.15) is 5.82 Å². The summed E-state index contributed by atoms with van der Waals surface area (Å²) in [5, 5.41) is 18.1. The van der Waals surface area contributed by atoms with Gasteiger partial charge in [0.15, 0.2) is 0 Å². The average molecular weight is 328 g/mol. The number of hydrogen-bond acceptors (Lipinski definition) is 4. The van der Waals surface area contributed by atoms with Crippen molar-refractivity contribution in [1.29, 1.82) is 0 Å². The number of hydrogen-bond donors (Lipinski definition) is 1. The molecule has 24 heavy (non-hydrogen) atoms. The number of nitrogens with zero attached hydrogens (tertiary/aromatic N) is 3. The van der Waals surface area contributed by atoms with E-state index in [1.54, 1.807) is 16.8 Å². The zero-order chi connectivity index (χ0) is 17.1. The van der Waals surface area contributed by atoms with Crippen molar-refractivity contribution in [2.75, 3.05) is 5.32 Å². The highest BCUT2D eigenvalue weighted by atomic mass is 16.6. The van der Waals surface area contributed by atoms with Gasteiger partial charge >= 0.3 is 0 Å². The Bertz CT molecular complexity index is 746. The topological polar surface area (TPSA) is 90.1 Å². The van der Waals surface area contributed by atoms with Crippen molar-refractivity contribution in [3.8, 4) is 5.69 Å². The minimum Gasteiger partial charge on any atom is -0.310 e. The van der Waals surface area contributed by atoms with E-state index in [2.05, 4.69) is 10.4 Å². The first-order valence-electron chi connectivity index (χ1n) is 8.17. The fourth-order valence-electron chi connectivity index (χ4n) is 3.09. The second-order valence-corrected chi connectivity index (χ2v) is 6.18. The number of amides is 1. The molecule has 1 fully saturated rings. The molecular weight excluding hydrogens is 308 g/mol. The predicted octanol–water partition coefficient (Wildman–Crippen LogP) is 3.61. The standard InChI is InChI=1S/C17H20N4O3/c1-12-11-16(18-17(22)13-5-3-2-4-6-13)20(19-12)14-7-9-15(10-8-14)21(23)24/h7-11,13H,2-6H2,1H3,(H,18,22). The lowest BCUT2D eigenvalue weighted by Gasteiger charge is -2.20. The van der Waals surface area contributed by atoms with Gasteiger partial charge in [-0.25, -0.2) is 4.68 Å². The molecule has 7 nitrogen and oxygen atoms in total. The quantitative estimate of drug-likeness (QED) is 0.685. The molecule has 0 unspecified atom stereocenters. The maximum atomic E-state index is 12.5. The summed E-state index contributed by atoms with van der Waals surface area (Å²) in [6.07, 6.45) is 5.24. The number of anilines is 1. The van der Waals surface area contributed by atoms with Gasteiger partial charge in [-0.15, -0.1) is 0 Å². The van der Waals surface area contributed by atoms with E-state index in [4.69, 9.17) is 0 Å². The van der Waals surface area contributed by atoms with E-state index in [-0.39, 0.29) is 17.5 Å². The molecule has 1 aliphatic carbocycles. The molecule has 2 aromatic rings. The zero-order valence-electron chi connectivity index (χ0n) is 13.6. The highest BCUT2D eigenvalue weighted by molar-refractivity contribution is 5.92. The van der Waals surface area contributed by atoms with E-state index in [0.717, 1.165) is 31.4 Å². The van der Waals surface area contributed by atoms with Crippen LogP contribution in [-0.4, -0.2) is 20.6 Å². The molecule has 0 aliphatic heterocycles. The van der Waals surface area contributed by atoms with Gasteiger partial charge in [0.2, 0.25) is 5.91 Å². The molecule has 0 spiro atoms. The SMILES string of the molecule is Cc1cc(NC(=O)C2CCCCC2)n(-c2ccc([N+](=O)[O-])cc2)n1. The van der Waals surface area contributed by atoms with Crippen molar-refractivity contribution in [3.05, 3.63) is 46.1 Å². The first kappa shape index (κ1) is 16.2. The largest absolute Gasteiger partial charge is 0.310 e. The van der Waals surface area contributed by atoms with Crippen LogP contribution < -0.4 is 5.32 Å². The monoisotopic (exact) mass is 328 g/mol. The Morgan fingerprint density at radius 1 is 1.25 bits per heavy atom. The Balaban J connectivity index is 1.82. The van der Waals surface area contributed by atoms with Crippen LogP contribution in [0, 0.1) is 23.0 Å². The highest BCUT2D eigenvalue weighted by Gasteiger charge is 2.22. The summed E-state index contributed by atoms with van der Waals surface area (Å²) in [7, 11) is 0. The van der Waals surface area contributed by atoms with Crippen molar-refractivity contribution in [1.82, 2.24) is 9.78 Å². The summed E-state index contributed by atoms with van der Waals surface area (Å²) in [4.78, 5) is 22.8. The molecule has 1 N–H and O–H groups in total. The lowest BCUT2D eigenvalue weighted by atomic mass is 9.89. The van der Waals surface area contributed by atoms with Crippen molar-refractivity contribution < 1.29 is 9.72 Å². The summed E-state index contributed by atoms with van der Waals surface area (Å²) in [6.45, 7) is 1.85. The van der Waals surface area contributed by atoms with Gasteiger partial charge in [-0.05, 0) is 31.9 Å². The van der Waals surface area contributed by atoms with Crippen LogP contribution in [0.25, 0.3) is 5.69 Å². The van der Waals surface area contributed by atoms with Crippen molar-refractivity contribution >= 4 is 17.4 Å². The van der Waals surface area contributed by atoms with Crippen LogP contribution in [-0.2, 0) is 4.79 Å². The smallest absolute Gasteiger partial charge is 0.269 e. The Hall–Kier alpha value is -2.70. The second-order valence-electron chi connectivity index (χ2n) is 6.18. The Kier molecular flexibility index (Phi) is 4.59. The number of aryl methyl sites for hydroxylation is 1. The molecule has 1 heterocycles. The number of carbonyl (C=O) groups is 1. The lowest BCUT2D eigenvalue weighted by Crippen LogP contribution is -2.25. The normalized spacial score (nSPS) is 15.2. The molecule has 7 heteroatoms. The lowest BCUT2D eigenvalue weighted by molar-refractivity contribution is -0.384. The minimum absolute atomic E-state index is 0.0235. The molecule has 1 amide bonds. The third kappa shape index (κ3) is 3.45. The summed E-state index contributed by atoms with van der Waals surface area (Å²) in [5.41, 5.74) is 1.47. The van der Waals surface area contributed by atoms with E-state index in [1.807, 2.05) is 13.0 Å². The molecule has 1 aliphatic rings. The molecule has 0 bridgehead atoms. The van der Waals surface area contributed by atoms with Crippen LogP contribution in [0.5, 0.6) is 0 Å².